The van der Waals surface area contributed by atoms with E-state index < -0.39 is 0 Å². The van der Waals surface area contributed by atoms with Crippen LogP contribution >= 0.6 is 11.3 Å². The predicted octanol–water partition coefficient (Wildman–Crippen LogP) is 1.58. The van der Waals surface area contributed by atoms with Crippen molar-refractivity contribution in [3.05, 3.63) is 34.5 Å². The second-order valence-electron chi connectivity index (χ2n) is 4.91. The summed E-state index contributed by atoms with van der Waals surface area (Å²) >= 11 is 1.69. The van der Waals surface area contributed by atoms with Gasteiger partial charge in [-0.1, -0.05) is 0 Å². The maximum absolute atomic E-state index is 12.2. The van der Waals surface area contributed by atoms with E-state index >= 15 is 0 Å². The summed E-state index contributed by atoms with van der Waals surface area (Å²) in [5, 5.41) is 7.34. The molecular formula is C13H16N4OS. The number of thiazole rings is 1. The van der Waals surface area contributed by atoms with Gasteiger partial charge in [0.2, 0.25) is 0 Å². The van der Waals surface area contributed by atoms with E-state index in [9.17, 15) is 4.79 Å². The molecule has 2 aromatic heterocycles. The predicted molar refractivity (Wildman–Crippen MR) is 73.0 cm³/mol. The van der Waals surface area contributed by atoms with Crippen LogP contribution < -0.4 is 0 Å². The maximum atomic E-state index is 12.2. The molecule has 19 heavy (non-hydrogen) atoms. The summed E-state index contributed by atoms with van der Waals surface area (Å²) in [6.07, 6.45) is 5.67. The molecule has 0 saturated carbocycles. The normalized spacial score (nSPS) is 19.0. The zero-order chi connectivity index (χ0) is 13.2. The van der Waals surface area contributed by atoms with E-state index in [1.807, 2.05) is 23.5 Å². The lowest BCUT2D eigenvalue weighted by atomic mass is 10.1. The number of hydrogen-bond acceptors (Lipinski definition) is 4. The number of amides is 1. The molecule has 0 bridgehead atoms. The van der Waals surface area contributed by atoms with Crippen LogP contribution in [0.4, 0.5) is 0 Å². The molecule has 1 fully saturated rings. The third-order valence-electron chi connectivity index (χ3n) is 3.45. The number of aromatic nitrogens is 3. The van der Waals surface area contributed by atoms with Crippen molar-refractivity contribution in [3.63, 3.8) is 0 Å². The first-order valence-electron chi connectivity index (χ1n) is 6.39. The van der Waals surface area contributed by atoms with Crippen LogP contribution in [0.25, 0.3) is 0 Å². The van der Waals surface area contributed by atoms with Gasteiger partial charge >= 0.3 is 0 Å². The summed E-state index contributed by atoms with van der Waals surface area (Å²) in [7, 11) is 1.83. The van der Waals surface area contributed by atoms with E-state index in [-0.39, 0.29) is 5.91 Å². The number of hydrogen-bond donors (Lipinski definition) is 0. The van der Waals surface area contributed by atoms with E-state index in [2.05, 4.69) is 10.1 Å². The topological polar surface area (TPSA) is 51.0 Å². The van der Waals surface area contributed by atoms with Crippen molar-refractivity contribution in [2.75, 3.05) is 13.1 Å². The smallest absolute Gasteiger partial charge is 0.274 e. The van der Waals surface area contributed by atoms with Gasteiger partial charge in [0.05, 0.1) is 5.01 Å². The Labute approximate surface area is 115 Å². The minimum absolute atomic E-state index is 0.0437. The molecule has 0 spiro atoms. The Kier molecular flexibility index (Phi) is 3.33. The fourth-order valence-electron chi connectivity index (χ4n) is 2.48. The van der Waals surface area contributed by atoms with Gasteiger partial charge in [-0.2, -0.15) is 5.10 Å². The second kappa shape index (κ2) is 5.13. The highest BCUT2D eigenvalue weighted by molar-refractivity contribution is 7.09. The lowest BCUT2D eigenvalue weighted by Gasteiger charge is -2.14. The van der Waals surface area contributed by atoms with Crippen LogP contribution in [0.3, 0.4) is 0 Å². The van der Waals surface area contributed by atoms with Gasteiger partial charge in [0.15, 0.2) is 0 Å². The highest BCUT2D eigenvalue weighted by Gasteiger charge is 2.28. The molecule has 1 aliphatic heterocycles. The van der Waals surface area contributed by atoms with Crippen molar-refractivity contribution in [2.24, 2.45) is 13.0 Å². The van der Waals surface area contributed by atoms with Crippen molar-refractivity contribution in [1.82, 2.24) is 19.7 Å². The molecule has 3 heterocycles. The van der Waals surface area contributed by atoms with Gasteiger partial charge in [0.1, 0.15) is 5.69 Å². The van der Waals surface area contributed by atoms with Gasteiger partial charge in [0, 0.05) is 44.3 Å². The Hall–Kier alpha value is -1.69. The van der Waals surface area contributed by atoms with Crippen molar-refractivity contribution < 1.29 is 4.79 Å². The molecule has 1 amide bonds. The number of rotatable bonds is 3. The Balaban J connectivity index is 1.61. The maximum Gasteiger partial charge on any atom is 0.274 e. The summed E-state index contributed by atoms with van der Waals surface area (Å²) in [6.45, 7) is 1.64. The van der Waals surface area contributed by atoms with Gasteiger partial charge in [-0.3, -0.25) is 9.48 Å². The fraction of sp³-hybridized carbons (Fsp3) is 0.462. The quantitative estimate of drug-likeness (QED) is 0.855. The molecule has 1 atom stereocenters. The van der Waals surface area contributed by atoms with Crippen molar-refractivity contribution in [2.45, 2.75) is 12.8 Å². The largest absolute Gasteiger partial charge is 0.337 e. The Bertz CT molecular complexity index is 563. The van der Waals surface area contributed by atoms with Gasteiger partial charge in [-0.25, -0.2) is 4.98 Å². The summed E-state index contributed by atoms with van der Waals surface area (Å²) in [5.74, 6) is 0.570. The zero-order valence-electron chi connectivity index (χ0n) is 10.8. The van der Waals surface area contributed by atoms with E-state index in [0.29, 0.717) is 11.6 Å². The Morgan fingerprint density at radius 3 is 3.16 bits per heavy atom. The summed E-state index contributed by atoms with van der Waals surface area (Å²) < 4.78 is 1.66. The van der Waals surface area contributed by atoms with Crippen LogP contribution in [-0.4, -0.2) is 38.7 Å². The monoisotopic (exact) mass is 276 g/mol. The van der Waals surface area contributed by atoms with E-state index in [0.717, 1.165) is 30.9 Å². The van der Waals surface area contributed by atoms with Crippen molar-refractivity contribution >= 4 is 17.2 Å². The van der Waals surface area contributed by atoms with E-state index in [1.54, 1.807) is 28.3 Å². The first kappa shape index (κ1) is 12.3. The van der Waals surface area contributed by atoms with E-state index in [4.69, 9.17) is 0 Å². The first-order chi connectivity index (χ1) is 9.22. The Morgan fingerprint density at radius 1 is 1.58 bits per heavy atom. The van der Waals surface area contributed by atoms with Gasteiger partial charge in [0.25, 0.3) is 5.91 Å². The first-order valence-corrected chi connectivity index (χ1v) is 7.27. The molecule has 1 unspecified atom stereocenters. The average molecular weight is 276 g/mol. The lowest BCUT2D eigenvalue weighted by Crippen LogP contribution is -2.29. The molecule has 2 aromatic rings. The van der Waals surface area contributed by atoms with Crippen molar-refractivity contribution in [1.29, 1.82) is 0 Å². The number of aryl methyl sites for hydroxylation is 1. The summed E-state index contributed by atoms with van der Waals surface area (Å²) in [6, 6.07) is 1.77. The summed E-state index contributed by atoms with van der Waals surface area (Å²) in [4.78, 5) is 18.5. The average Bonchev–Trinajstić information content (AvgIpc) is 3.10. The third kappa shape index (κ3) is 2.68. The van der Waals surface area contributed by atoms with Crippen LogP contribution in [0.1, 0.15) is 21.9 Å². The minimum atomic E-state index is 0.0437. The highest BCUT2D eigenvalue weighted by atomic mass is 32.1. The van der Waals surface area contributed by atoms with Gasteiger partial charge < -0.3 is 4.90 Å². The molecule has 5 nitrogen and oxygen atoms in total. The Morgan fingerprint density at radius 2 is 2.47 bits per heavy atom. The molecule has 1 aliphatic rings. The number of likely N-dealkylation sites (tertiary alicyclic amines) is 1. The number of carbonyl (C=O) groups excluding carboxylic acids is 1. The molecule has 0 N–H and O–H groups in total. The lowest BCUT2D eigenvalue weighted by molar-refractivity contribution is 0.0780. The van der Waals surface area contributed by atoms with Crippen molar-refractivity contribution in [3.8, 4) is 0 Å². The van der Waals surface area contributed by atoms with E-state index in [1.165, 1.54) is 0 Å². The molecule has 0 aromatic carbocycles. The molecule has 100 valence electrons. The van der Waals surface area contributed by atoms with Crippen LogP contribution in [0, 0.1) is 5.92 Å². The molecule has 1 saturated heterocycles. The third-order valence-corrected chi connectivity index (χ3v) is 4.25. The molecule has 0 radical (unpaired) electrons. The SMILES string of the molecule is Cn1ccc(C(=O)N2CCC(Cc3nccs3)C2)n1. The zero-order valence-corrected chi connectivity index (χ0v) is 11.6. The van der Waals surface area contributed by atoms with Gasteiger partial charge in [-0.05, 0) is 18.4 Å². The molecule has 3 rings (SSSR count). The van der Waals surface area contributed by atoms with Crippen LogP contribution in [0.2, 0.25) is 0 Å². The highest BCUT2D eigenvalue weighted by Crippen LogP contribution is 2.22. The van der Waals surface area contributed by atoms with Gasteiger partial charge in [-0.15, -0.1) is 11.3 Å². The second-order valence-corrected chi connectivity index (χ2v) is 5.89. The summed E-state index contributed by atoms with van der Waals surface area (Å²) in [5.41, 5.74) is 0.539. The molecule has 0 aliphatic carbocycles. The molecular weight excluding hydrogens is 260 g/mol. The van der Waals surface area contributed by atoms with Crippen LogP contribution in [0.5, 0.6) is 0 Å². The molecule has 6 heteroatoms. The fourth-order valence-corrected chi connectivity index (χ4v) is 3.21. The number of nitrogens with zero attached hydrogens (tertiary/aromatic N) is 4. The number of carbonyl (C=O) groups is 1. The minimum Gasteiger partial charge on any atom is -0.337 e. The van der Waals surface area contributed by atoms with Crippen LogP contribution in [-0.2, 0) is 13.5 Å². The standard InChI is InChI=1S/C13H16N4OS/c1-16-5-3-11(15-16)13(18)17-6-2-10(9-17)8-12-14-4-7-19-12/h3-5,7,10H,2,6,8-9H2,1H3. The van der Waals surface area contributed by atoms with Crippen LogP contribution in [0.15, 0.2) is 23.8 Å².